The topological polar surface area (TPSA) is 98.9 Å². The maximum Gasteiger partial charge on any atom is 0.342 e. The van der Waals surface area contributed by atoms with E-state index in [-0.39, 0.29) is 29.9 Å². The molecule has 1 heterocycles. The number of hydrogen-bond donors (Lipinski definition) is 1. The van der Waals surface area contributed by atoms with E-state index in [1.165, 1.54) is 13.2 Å². The summed E-state index contributed by atoms with van der Waals surface area (Å²) in [5, 5.41) is 0.364. The van der Waals surface area contributed by atoms with Gasteiger partial charge in [-0.1, -0.05) is 11.6 Å². The average Bonchev–Trinajstić information content (AvgIpc) is 2.59. The maximum absolute atomic E-state index is 12.1. The molecule has 0 radical (unpaired) electrons. The molecular weight excluding hydrogens is 336 g/mol. The van der Waals surface area contributed by atoms with Crippen LogP contribution in [0.4, 0.5) is 0 Å². The number of rotatable bonds is 5. The summed E-state index contributed by atoms with van der Waals surface area (Å²) in [7, 11) is 1.42. The molecule has 1 aliphatic heterocycles. The zero-order valence-electron chi connectivity index (χ0n) is 13.3. The lowest BCUT2D eigenvalue weighted by molar-refractivity contribution is -0.137. The number of amides is 2. The number of esters is 1. The lowest BCUT2D eigenvalue weighted by Crippen LogP contribution is -2.43. The second-order valence-corrected chi connectivity index (χ2v) is 5.91. The number of carbonyl (C=O) groups is 3. The monoisotopic (exact) mass is 354 g/mol. The van der Waals surface area contributed by atoms with Crippen LogP contribution < -0.4 is 10.5 Å². The molecule has 0 spiro atoms. The van der Waals surface area contributed by atoms with Crippen molar-refractivity contribution in [1.29, 1.82) is 0 Å². The second kappa shape index (κ2) is 8.01. The van der Waals surface area contributed by atoms with E-state index in [0.29, 0.717) is 36.7 Å². The van der Waals surface area contributed by atoms with E-state index in [2.05, 4.69) is 0 Å². The SMILES string of the molecule is COc1ccc(Cl)cc1C(=O)OCC(=O)N1CCC(C(N)=O)CC1. The fourth-order valence-electron chi connectivity index (χ4n) is 2.55. The third-order valence-corrected chi connectivity index (χ3v) is 4.19. The molecule has 1 aromatic rings. The Balaban J connectivity index is 1.89. The zero-order valence-corrected chi connectivity index (χ0v) is 14.0. The highest BCUT2D eigenvalue weighted by Gasteiger charge is 2.26. The van der Waals surface area contributed by atoms with Gasteiger partial charge in [-0.25, -0.2) is 4.79 Å². The van der Waals surface area contributed by atoms with Crippen molar-refractivity contribution in [2.75, 3.05) is 26.8 Å². The first-order chi connectivity index (χ1) is 11.4. The Hall–Kier alpha value is -2.28. The van der Waals surface area contributed by atoms with Gasteiger partial charge in [-0.2, -0.15) is 0 Å². The molecular formula is C16H19ClN2O5. The molecule has 0 bridgehead atoms. The number of likely N-dealkylation sites (tertiary alicyclic amines) is 1. The molecule has 2 N–H and O–H groups in total. The number of nitrogens with two attached hydrogens (primary N) is 1. The zero-order chi connectivity index (χ0) is 17.7. The minimum atomic E-state index is -0.685. The number of piperidine rings is 1. The number of nitrogens with zero attached hydrogens (tertiary/aromatic N) is 1. The molecule has 1 saturated heterocycles. The summed E-state index contributed by atoms with van der Waals surface area (Å²) < 4.78 is 10.1. The molecule has 0 atom stereocenters. The number of primary amides is 1. The summed E-state index contributed by atoms with van der Waals surface area (Å²) in [5.74, 6) is -1.23. The Morgan fingerprint density at radius 2 is 1.96 bits per heavy atom. The first kappa shape index (κ1) is 18.1. The van der Waals surface area contributed by atoms with E-state index in [1.807, 2.05) is 0 Å². The van der Waals surface area contributed by atoms with Gasteiger partial charge in [0.1, 0.15) is 11.3 Å². The van der Waals surface area contributed by atoms with Crippen LogP contribution >= 0.6 is 11.6 Å². The highest BCUT2D eigenvalue weighted by atomic mass is 35.5. The van der Waals surface area contributed by atoms with Crippen LogP contribution in [0, 0.1) is 5.92 Å². The number of ether oxygens (including phenoxy) is 2. The van der Waals surface area contributed by atoms with Gasteiger partial charge < -0.3 is 20.1 Å². The quantitative estimate of drug-likeness (QED) is 0.802. The molecule has 2 rings (SSSR count). The van der Waals surface area contributed by atoms with E-state index in [0.717, 1.165) is 0 Å². The van der Waals surface area contributed by atoms with Crippen molar-refractivity contribution in [3.05, 3.63) is 28.8 Å². The highest BCUT2D eigenvalue weighted by Crippen LogP contribution is 2.23. The van der Waals surface area contributed by atoms with Gasteiger partial charge >= 0.3 is 5.97 Å². The number of carbonyl (C=O) groups excluding carboxylic acids is 3. The lowest BCUT2D eigenvalue weighted by atomic mass is 9.96. The van der Waals surface area contributed by atoms with Crippen LogP contribution in [0.2, 0.25) is 5.02 Å². The summed E-state index contributed by atoms with van der Waals surface area (Å²) in [4.78, 5) is 36.9. The molecule has 1 aliphatic rings. The van der Waals surface area contributed by atoms with Gasteiger partial charge in [0, 0.05) is 24.0 Å². The summed E-state index contributed by atoms with van der Waals surface area (Å²) in [6, 6.07) is 4.56. The van der Waals surface area contributed by atoms with Crippen LogP contribution in [-0.2, 0) is 14.3 Å². The molecule has 2 amide bonds. The number of methoxy groups -OCH3 is 1. The van der Waals surface area contributed by atoms with E-state index in [1.54, 1.807) is 17.0 Å². The van der Waals surface area contributed by atoms with Crippen LogP contribution in [0.25, 0.3) is 0 Å². The predicted molar refractivity (Wildman–Crippen MR) is 86.8 cm³/mol. The summed E-state index contributed by atoms with van der Waals surface area (Å²) in [6.45, 7) is 0.463. The molecule has 0 saturated carbocycles. The fourth-order valence-corrected chi connectivity index (χ4v) is 2.72. The van der Waals surface area contributed by atoms with E-state index in [4.69, 9.17) is 26.8 Å². The molecule has 1 fully saturated rings. The van der Waals surface area contributed by atoms with Gasteiger partial charge in [0.25, 0.3) is 5.91 Å². The van der Waals surface area contributed by atoms with Crippen molar-refractivity contribution in [3.8, 4) is 5.75 Å². The molecule has 0 unspecified atom stereocenters. The van der Waals surface area contributed by atoms with Gasteiger partial charge in [-0.15, -0.1) is 0 Å². The number of halogens is 1. The smallest absolute Gasteiger partial charge is 0.342 e. The van der Waals surface area contributed by atoms with Gasteiger partial charge in [0.15, 0.2) is 6.61 Å². The first-order valence-corrected chi connectivity index (χ1v) is 7.88. The van der Waals surface area contributed by atoms with E-state index in [9.17, 15) is 14.4 Å². The normalized spacial score (nSPS) is 15.0. The Morgan fingerprint density at radius 1 is 1.29 bits per heavy atom. The van der Waals surface area contributed by atoms with Crippen molar-refractivity contribution in [1.82, 2.24) is 4.90 Å². The molecule has 7 nitrogen and oxygen atoms in total. The summed E-state index contributed by atoms with van der Waals surface area (Å²) in [5.41, 5.74) is 5.41. The standard InChI is InChI=1S/C16H19ClN2O5/c1-23-13-3-2-11(17)8-12(13)16(22)24-9-14(20)19-6-4-10(5-7-19)15(18)21/h2-3,8,10H,4-7,9H2,1H3,(H2,18,21). The molecule has 130 valence electrons. The van der Waals surface area contributed by atoms with Gasteiger partial charge in [-0.3, -0.25) is 9.59 Å². The minimum Gasteiger partial charge on any atom is -0.496 e. The van der Waals surface area contributed by atoms with Crippen molar-refractivity contribution in [2.24, 2.45) is 11.7 Å². The summed E-state index contributed by atoms with van der Waals surface area (Å²) >= 11 is 5.87. The van der Waals surface area contributed by atoms with Crippen LogP contribution in [0.15, 0.2) is 18.2 Å². The second-order valence-electron chi connectivity index (χ2n) is 5.48. The van der Waals surface area contributed by atoms with E-state index < -0.39 is 5.97 Å². The minimum absolute atomic E-state index is 0.158. The van der Waals surface area contributed by atoms with Crippen molar-refractivity contribution in [3.63, 3.8) is 0 Å². The largest absolute Gasteiger partial charge is 0.496 e. The Bertz CT molecular complexity index is 641. The van der Waals surface area contributed by atoms with Crippen molar-refractivity contribution in [2.45, 2.75) is 12.8 Å². The summed E-state index contributed by atoms with van der Waals surface area (Å²) in [6.07, 6.45) is 1.05. The number of benzene rings is 1. The van der Waals surface area contributed by atoms with Gasteiger partial charge in [0.05, 0.1) is 7.11 Å². The molecule has 1 aromatic carbocycles. The van der Waals surface area contributed by atoms with Crippen molar-refractivity contribution >= 4 is 29.4 Å². The first-order valence-electron chi connectivity index (χ1n) is 7.50. The average molecular weight is 355 g/mol. The predicted octanol–water partition coefficient (Wildman–Crippen LogP) is 1.23. The third-order valence-electron chi connectivity index (χ3n) is 3.96. The lowest BCUT2D eigenvalue weighted by Gasteiger charge is -2.30. The highest BCUT2D eigenvalue weighted by molar-refractivity contribution is 6.31. The van der Waals surface area contributed by atoms with Crippen LogP contribution in [0.3, 0.4) is 0 Å². The third kappa shape index (κ3) is 4.38. The van der Waals surface area contributed by atoms with Crippen LogP contribution in [0.1, 0.15) is 23.2 Å². The molecule has 8 heteroatoms. The maximum atomic E-state index is 12.1. The van der Waals surface area contributed by atoms with Crippen molar-refractivity contribution < 1.29 is 23.9 Å². The molecule has 24 heavy (non-hydrogen) atoms. The van der Waals surface area contributed by atoms with Gasteiger partial charge in [-0.05, 0) is 31.0 Å². The van der Waals surface area contributed by atoms with E-state index >= 15 is 0 Å². The Labute approximate surface area is 144 Å². The Kier molecular flexibility index (Phi) is 6.03. The van der Waals surface area contributed by atoms with Crippen LogP contribution in [0.5, 0.6) is 5.75 Å². The Morgan fingerprint density at radius 3 is 2.54 bits per heavy atom. The fraction of sp³-hybridized carbons (Fsp3) is 0.438. The number of hydrogen-bond acceptors (Lipinski definition) is 5. The van der Waals surface area contributed by atoms with Gasteiger partial charge in [0.2, 0.25) is 5.91 Å². The molecule has 0 aromatic heterocycles. The molecule has 0 aliphatic carbocycles. The van der Waals surface area contributed by atoms with Crippen LogP contribution in [-0.4, -0.2) is 49.5 Å².